The van der Waals surface area contributed by atoms with Crippen molar-refractivity contribution in [1.29, 1.82) is 0 Å². The highest BCUT2D eigenvalue weighted by Gasteiger charge is 2.07. The van der Waals surface area contributed by atoms with Gasteiger partial charge in [0.1, 0.15) is 7.11 Å². The molecule has 11 heavy (non-hydrogen) atoms. The summed E-state index contributed by atoms with van der Waals surface area (Å²) in [4.78, 5) is 4.54. The molecular weight excluding hydrogens is 164 g/mol. The van der Waals surface area contributed by atoms with E-state index in [0.29, 0.717) is 5.17 Å². The van der Waals surface area contributed by atoms with Gasteiger partial charge < -0.3 is 10.2 Å². The second-order valence-electron chi connectivity index (χ2n) is 2.26. The third-order valence-electron chi connectivity index (χ3n) is 1.46. The van der Waals surface area contributed by atoms with E-state index in [1.807, 2.05) is 0 Å². The molecule has 0 amide bonds. The third kappa shape index (κ3) is 2.52. The molecule has 0 radical (unpaired) electrons. The Morgan fingerprint density at radius 1 is 1.82 bits per heavy atom. The summed E-state index contributed by atoms with van der Waals surface area (Å²) in [7, 11) is 1.49. The summed E-state index contributed by atoms with van der Waals surface area (Å²) in [6.45, 7) is 1.80. The molecule has 0 saturated heterocycles. The van der Waals surface area contributed by atoms with Crippen LogP contribution in [0.15, 0.2) is 16.8 Å². The predicted octanol–water partition coefficient (Wildman–Crippen LogP) is 1.10. The summed E-state index contributed by atoms with van der Waals surface area (Å²) in [6, 6.07) is 0. The van der Waals surface area contributed by atoms with Crippen LogP contribution in [0.3, 0.4) is 0 Å². The lowest BCUT2D eigenvalue weighted by Crippen LogP contribution is -2.24. The van der Waals surface area contributed by atoms with E-state index < -0.39 is 0 Å². The fourth-order valence-corrected chi connectivity index (χ4v) is 1.15. The summed E-state index contributed by atoms with van der Waals surface area (Å²) in [5.41, 5.74) is 1.01. The Morgan fingerprint density at radius 3 is 3.18 bits per heavy atom. The van der Waals surface area contributed by atoms with E-state index in [4.69, 9.17) is 11.6 Å². The van der Waals surface area contributed by atoms with Crippen LogP contribution in [0.4, 0.5) is 0 Å². The molecule has 1 heterocycles. The van der Waals surface area contributed by atoms with Crippen LogP contribution in [0.25, 0.3) is 0 Å². The maximum Gasteiger partial charge on any atom is 0.172 e. The predicted molar refractivity (Wildman–Crippen MR) is 45.9 cm³/mol. The Hall–Kier alpha value is -0.540. The molecule has 0 aromatic heterocycles. The third-order valence-corrected chi connectivity index (χ3v) is 1.78. The first-order chi connectivity index (χ1) is 5.34. The van der Waals surface area contributed by atoms with Crippen LogP contribution in [-0.2, 0) is 4.84 Å². The zero-order chi connectivity index (χ0) is 8.10. The second kappa shape index (κ2) is 4.36. The van der Waals surface area contributed by atoms with Crippen molar-refractivity contribution in [3.63, 3.8) is 0 Å². The number of hydrogen-bond donors (Lipinski definition) is 1. The molecular formula is C7H11ClN2O. The monoisotopic (exact) mass is 174 g/mol. The molecule has 62 valence electrons. The molecule has 0 atom stereocenters. The Balaban J connectivity index is 2.58. The van der Waals surface area contributed by atoms with Crippen molar-refractivity contribution in [3.8, 4) is 0 Å². The highest BCUT2D eigenvalue weighted by atomic mass is 35.5. The Bertz CT molecular complexity index is 189. The molecule has 0 bridgehead atoms. The van der Waals surface area contributed by atoms with Crippen molar-refractivity contribution in [2.45, 2.75) is 6.42 Å². The van der Waals surface area contributed by atoms with E-state index in [1.165, 1.54) is 7.11 Å². The largest absolute Gasteiger partial charge is 0.398 e. The summed E-state index contributed by atoms with van der Waals surface area (Å²) in [5, 5.41) is 7.25. The molecule has 1 aliphatic heterocycles. The number of oxime groups is 1. The van der Waals surface area contributed by atoms with Gasteiger partial charge in [-0.15, -0.1) is 0 Å². The van der Waals surface area contributed by atoms with Crippen LogP contribution >= 0.6 is 11.6 Å². The van der Waals surface area contributed by atoms with Crippen molar-refractivity contribution < 1.29 is 4.84 Å². The summed E-state index contributed by atoms with van der Waals surface area (Å²) in [5.74, 6) is 0. The Morgan fingerprint density at radius 2 is 2.64 bits per heavy atom. The summed E-state index contributed by atoms with van der Waals surface area (Å²) < 4.78 is 0. The van der Waals surface area contributed by atoms with Gasteiger partial charge in [-0.1, -0.05) is 22.8 Å². The zero-order valence-electron chi connectivity index (χ0n) is 6.43. The normalized spacial score (nSPS) is 19.5. The van der Waals surface area contributed by atoms with E-state index in [1.54, 1.807) is 0 Å². The van der Waals surface area contributed by atoms with Crippen molar-refractivity contribution in [2.75, 3.05) is 20.2 Å². The van der Waals surface area contributed by atoms with Crippen LogP contribution in [-0.4, -0.2) is 25.4 Å². The van der Waals surface area contributed by atoms with Crippen molar-refractivity contribution in [2.24, 2.45) is 5.16 Å². The number of halogens is 1. The topological polar surface area (TPSA) is 33.6 Å². The molecule has 1 N–H and O–H groups in total. The lowest BCUT2D eigenvalue weighted by atomic mass is 10.2. The Kier molecular flexibility index (Phi) is 3.39. The molecule has 0 aromatic carbocycles. The van der Waals surface area contributed by atoms with E-state index >= 15 is 0 Å². The second-order valence-corrected chi connectivity index (χ2v) is 2.62. The standard InChI is InChI=1S/C7H11ClN2O/c1-11-10-7(8)6-3-2-4-9-5-6/h3,9H,2,4-5H2,1H3/b10-7+. The minimum absolute atomic E-state index is 0.444. The molecule has 0 spiro atoms. The average molecular weight is 175 g/mol. The SMILES string of the molecule is CO/N=C(/Cl)C1=CCCNC1. The number of nitrogens with zero attached hydrogens (tertiary/aromatic N) is 1. The molecule has 0 aromatic rings. The van der Waals surface area contributed by atoms with Gasteiger partial charge in [0.15, 0.2) is 5.17 Å². The molecule has 0 unspecified atom stereocenters. The highest BCUT2D eigenvalue weighted by Crippen LogP contribution is 2.06. The van der Waals surface area contributed by atoms with E-state index in [-0.39, 0.29) is 0 Å². The smallest absolute Gasteiger partial charge is 0.172 e. The van der Waals surface area contributed by atoms with Gasteiger partial charge >= 0.3 is 0 Å². The highest BCUT2D eigenvalue weighted by molar-refractivity contribution is 6.69. The summed E-state index contributed by atoms with van der Waals surface area (Å²) in [6.07, 6.45) is 3.08. The van der Waals surface area contributed by atoms with E-state index in [2.05, 4.69) is 21.4 Å². The van der Waals surface area contributed by atoms with Gasteiger partial charge in [0.05, 0.1) is 0 Å². The fraction of sp³-hybridized carbons (Fsp3) is 0.571. The minimum Gasteiger partial charge on any atom is -0.398 e. The molecule has 0 aliphatic carbocycles. The maximum absolute atomic E-state index is 5.78. The van der Waals surface area contributed by atoms with Gasteiger partial charge in [0.2, 0.25) is 0 Å². The van der Waals surface area contributed by atoms with Crippen molar-refractivity contribution in [1.82, 2.24) is 5.32 Å². The lowest BCUT2D eigenvalue weighted by molar-refractivity contribution is 0.214. The van der Waals surface area contributed by atoms with Gasteiger partial charge in [-0.2, -0.15) is 0 Å². The first-order valence-electron chi connectivity index (χ1n) is 3.51. The van der Waals surface area contributed by atoms with E-state index in [9.17, 15) is 0 Å². The first-order valence-corrected chi connectivity index (χ1v) is 3.89. The fourth-order valence-electron chi connectivity index (χ4n) is 0.940. The van der Waals surface area contributed by atoms with Crippen LogP contribution in [0.2, 0.25) is 0 Å². The molecule has 0 fully saturated rings. The van der Waals surface area contributed by atoms with Crippen molar-refractivity contribution >= 4 is 16.8 Å². The number of rotatable bonds is 2. The molecule has 0 saturated carbocycles. The Labute approximate surface area is 71.0 Å². The van der Waals surface area contributed by atoms with Gasteiger partial charge in [0, 0.05) is 12.1 Å². The molecule has 1 aliphatic rings. The average Bonchev–Trinajstić information content (AvgIpc) is 2.07. The molecule has 1 rings (SSSR count). The number of nitrogens with one attached hydrogen (secondary N) is 1. The van der Waals surface area contributed by atoms with E-state index in [0.717, 1.165) is 25.1 Å². The lowest BCUT2D eigenvalue weighted by Gasteiger charge is -2.11. The van der Waals surface area contributed by atoms with Crippen LogP contribution < -0.4 is 5.32 Å². The van der Waals surface area contributed by atoms with Crippen LogP contribution in [0.5, 0.6) is 0 Å². The molecule has 3 nitrogen and oxygen atoms in total. The van der Waals surface area contributed by atoms with Crippen LogP contribution in [0.1, 0.15) is 6.42 Å². The maximum atomic E-state index is 5.78. The minimum atomic E-state index is 0.444. The van der Waals surface area contributed by atoms with Gasteiger partial charge in [-0.05, 0) is 13.0 Å². The first kappa shape index (κ1) is 8.56. The number of hydrogen-bond acceptors (Lipinski definition) is 3. The quantitative estimate of drug-likeness (QED) is 0.503. The zero-order valence-corrected chi connectivity index (χ0v) is 7.19. The molecule has 4 heteroatoms. The van der Waals surface area contributed by atoms with Crippen LogP contribution in [0, 0.1) is 0 Å². The summed E-state index contributed by atoms with van der Waals surface area (Å²) >= 11 is 5.78. The van der Waals surface area contributed by atoms with Gasteiger partial charge in [-0.3, -0.25) is 0 Å². The van der Waals surface area contributed by atoms with Gasteiger partial charge in [0.25, 0.3) is 0 Å². The van der Waals surface area contributed by atoms with Gasteiger partial charge in [-0.25, -0.2) is 0 Å². The van der Waals surface area contributed by atoms with Crippen molar-refractivity contribution in [3.05, 3.63) is 11.6 Å².